The molecule has 1 fully saturated rings. The average Bonchev–Trinajstić information content (AvgIpc) is 2.99. The Hall–Kier alpha value is -1.05. The number of hydrogen-bond donors (Lipinski definition) is 1. The van der Waals surface area contributed by atoms with Crippen LogP contribution in [0.15, 0.2) is 18.2 Å². The fraction of sp³-hybridized carbons (Fsp3) is 0.600. The molecule has 2 rings (SSSR count). The fourth-order valence-corrected chi connectivity index (χ4v) is 3.64. The molecule has 4 nitrogen and oxygen atoms in total. The van der Waals surface area contributed by atoms with Crippen molar-refractivity contribution in [3.63, 3.8) is 0 Å². The Kier molecular flexibility index (Phi) is 5.88. The zero-order valence-corrected chi connectivity index (χ0v) is 13.3. The van der Waals surface area contributed by atoms with Crippen LogP contribution in [0.25, 0.3) is 0 Å². The number of rotatable bonds is 7. The van der Waals surface area contributed by atoms with Gasteiger partial charge < -0.3 is 4.74 Å². The molecule has 0 aliphatic carbocycles. The lowest BCUT2D eigenvalue weighted by Gasteiger charge is -2.15. The van der Waals surface area contributed by atoms with Gasteiger partial charge in [0, 0.05) is 13.2 Å². The molecule has 0 radical (unpaired) electrons. The Balaban J connectivity index is 1.83. The maximum Gasteiger partial charge on any atom is 0.211 e. The van der Waals surface area contributed by atoms with Gasteiger partial charge in [0.1, 0.15) is 0 Å². The van der Waals surface area contributed by atoms with Crippen molar-refractivity contribution in [3.05, 3.63) is 35.4 Å². The highest BCUT2D eigenvalue weighted by Crippen LogP contribution is 2.18. The van der Waals surface area contributed by atoms with E-state index in [0.717, 1.165) is 25.0 Å². The molecule has 1 aromatic rings. The number of sulfonamides is 1. The summed E-state index contributed by atoms with van der Waals surface area (Å²) in [6.07, 6.45) is 2.39. The fourth-order valence-electron chi connectivity index (χ4n) is 2.42. The van der Waals surface area contributed by atoms with E-state index in [1.54, 1.807) is 6.92 Å². The van der Waals surface area contributed by atoms with Gasteiger partial charge in [-0.3, -0.25) is 0 Å². The normalized spacial score (nSPS) is 20.2. The summed E-state index contributed by atoms with van der Waals surface area (Å²) in [7, 11) is -3.39. The Morgan fingerprint density at radius 3 is 2.77 bits per heavy atom. The van der Waals surface area contributed by atoms with E-state index in [-0.39, 0.29) is 24.3 Å². The molecule has 0 amide bonds. The lowest BCUT2D eigenvalue weighted by atomic mass is 10.0. The van der Waals surface area contributed by atoms with Crippen LogP contribution in [0.1, 0.15) is 37.7 Å². The second-order valence-corrected chi connectivity index (χ2v) is 7.59. The Labute approximate surface area is 129 Å². The molecule has 1 aliphatic heterocycles. The van der Waals surface area contributed by atoms with Crippen LogP contribution in [-0.4, -0.2) is 33.4 Å². The predicted molar refractivity (Wildman–Crippen MR) is 80.2 cm³/mol. The lowest BCUT2D eigenvalue weighted by molar-refractivity contribution is 0.109. The van der Waals surface area contributed by atoms with Crippen molar-refractivity contribution in [2.45, 2.75) is 38.2 Å². The Morgan fingerprint density at radius 2 is 2.14 bits per heavy atom. The molecule has 0 aromatic heterocycles. The highest BCUT2D eigenvalue weighted by molar-refractivity contribution is 7.89. The first kappa shape index (κ1) is 17.3. The van der Waals surface area contributed by atoms with Crippen LogP contribution in [0.5, 0.6) is 0 Å². The highest BCUT2D eigenvalue weighted by atomic mass is 32.2. The van der Waals surface area contributed by atoms with E-state index >= 15 is 0 Å². The molecule has 0 unspecified atom stereocenters. The lowest BCUT2D eigenvalue weighted by Crippen LogP contribution is -2.31. The van der Waals surface area contributed by atoms with E-state index in [9.17, 15) is 17.2 Å². The molecular formula is C15H21F2NO3S. The van der Waals surface area contributed by atoms with Gasteiger partial charge in [-0.05, 0) is 42.9 Å². The SMILES string of the molecule is C[C@@H](CNS(=O)(=O)CC[C@@H]1CCCO1)c1ccc(F)c(F)c1. The van der Waals surface area contributed by atoms with E-state index in [2.05, 4.69) is 4.72 Å². The molecule has 1 saturated heterocycles. The molecule has 124 valence electrons. The largest absolute Gasteiger partial charge is 0.378 e. The van der Waals surface area contributed by atoms with Crippen molar-refractivity contribution in [1.29, 1.82) is 0 Å². The van der Waals surface area contributed by atoms with Crippen LogP contribution >= 0.6 is 0 Å². The molecule has 1 aromatic carbocycles. The minimum Gasteiger partial charge on any atom is -0.378 e. The maximum absolute atomic E-state index is 13.2. The third-order valence-electron chi connectivity index (χ3n) is 3.85. The Morgan fingerprint density at radius 1 is 1.36 bits per heavy atom. The molecule has 0 spiro atoms. The monoisotopic (exact) mass is 333 g/mol. The van der Waals surface area contributed by atoms with Crippen molar-refractivity contribution in [3.8, 4) is 0 Å². The number of nitrogens with one attached hydrogen (secondary N) is 1. The zero-order valence-electron chi connectivity index (χ0n) is 12.5. The van der Waals surface area contributed by atoms with Crippen LogP contribution in [0.2, 0.25) is 0 Å². The second-order valence-electron chi connectivity index (χ2n) is 5.67. The van der Waals surface area contributed by atoms with Gasteiger partial charge in [0.05, 0.1) is 11.9 Å². The zero-order chi connectivity index (χ0) is 16.2. The quantitative estimate of drug-likeness (QED) is 0.834. The van der Waals surface area contributed by atoms with Crippen molar-refractivity contribution in [1.82, 2.24) is 4.72 Å². The topological polar surface area (TPSA) is 55.4 Å². The number of hydrogen-bond acceptors (Lipinski definition) is 3. The van der Waals surface area contributed by atoms with Crippen LogP contribution in [-0.2, 0) is 14.8 Å². The summed E-state index contributed by atoms with van der Waals surface area (Å²) in [5.74, 6) is -2.06. The summed E-state index contributed by atoms with van der Waals surface area (Å²) in [5.41, 5.74) is 0.556. The maximum atomic E-state index is 13.2. The minimum atomic E-state index is -3.39. The van der Waals surface area contributed by atoms with E-state index in [4.69, 9.17) is 4.74 Å². The number of benzene rings is 1. The highest BCUT2D eigenvalue weighted by Gasteiger charge is 2.20. The van der Waals surface area contributed by atoms with Gasteiger partial charge in [-0.2, -0.15) is 0 Å². The molecule has 22 heavy (non-hydrogen) atoms. The summed E-state index contributed by atoms with van der Waals surface area (Å²) >= 11 is 0. The summed E-state index contributed by atoms with van der Waals surface area (Å²) in [6.45, 7) is 2.61. The standard InChI is InChI=1S/C15H21F2NO3S/c1-11(12-4-5-14(16)15(17)9-12)10-18-22(19,20)8-6-13-3-2-7-21-13/h4-5,9,11,13,18H,2-3,6-8,10H2,1H3/t11-,13-/m0/s1. The predicted octanol–water partition coefficient (Wildman–Crippen LogP) is 2.56. The van der Waals surface area contributed by atoms with Crippen LogP contribution < -0.4 is 4.72 Å². The van der Waals surface area contributed by atoms with Crippen LogP contribution in [0.4, 0.5) is 8.78 Å². The smallest absolute Gasteiger partial charge is 0.211 e. The van der Waals surface area contributed by atoms with Crippen LogP contribution in [0, 0.1) is 11.6 Å². The molecule has 0 bridgehead atoms. The molecule has 0 saturated carbocycles. The third-order valence-corrected chi connectivity index (χ3v) is 5.23. The summed E-state index contributed by atoms with van der Waals surface area (Å²) in [6, 6.07) is 3.61. The second kappa shape index (κ2) is 7.48. The van der Waals surface area contributed by atoms with Gasteiger partial charge in [-0.1, -0.05) is 13.0 Å². The molecular weight excluding hydrogens is 312 g/mol. The average molecular weight is 333 g/mol. The molecule has 2 atom stereocenters. The van der Waals surface area contributed by atoms with E-state index in [1.807, 2.05) is 0 Å². The van der Waals surface area contributed by atoms with Crippen molar-refractivity contribution >= 4 is 10.0 Å². The third kappa shape index (κ3) is 5.00. The van der Waals surface area contributed by atoms with Gasteiger partial charge in [-0.15, -0.1) is 0 Å². The minimum absolute atomic E-state index is 0.0160. The van der Waals surface area contributed by atoms with Crippen molar-refractivity contribution in [2.24, 2.45) is 0 Å². The number of ether oxygens (including phenoxy) is 1. The van der Waals surface area contributed by atoms with Crippen molar-refractivity contribution < 1.29 is 21.9 Å². The van der Waals surface area contributed by atoms with Gasteiger partial charge >= 0.3 is 0 Å². The Bertz CT molecular complexity index is 601. The molecule has 7 heteroatoms. The molecule has 1 aliphatic rings. The molecule has 1 N–H and O–H groups in total. The van der Waals surface area contributed by atoms with E-state index in [1.165, 1.54) is 6.07 Å². The first-order valence-corrected chi connectivity index (χ1v) is 9.06. The summed E-state index contributed by atoms with van der Waals surface area (Å²) < 4.78 is 57.9. The summed E-state index contributed by atoms with van der Waals surface area (Å²) in [4.78, 5) is 0. The van der Waals surface area contributed by atoms with E-state index in [0.29, 0.717) is 18.6 Å². The summed E-state index contributed by atoms with van der Waals surface area (Å²) in [5, 5.41) is 0. The first-order valence-electron chi connectivity index (χ1n) is 7.41. The van der Waals surface area contributed by atoms with E-state index < -0.39 is 21.7 Å². The van der Waals surface area contributed by atoms with Gasteiger partial charge in [0.25, 0.3) is 0 Å². The van der Waals surface area contributed by atoms with Crippen molar-refractivity contribution in [2.75, 3.05) is 18.9 Å². The van der Waals surface area contributed by atoms with Gasteiger partial charge in [0.2, 0.25) is 10.0 Å². The van der Waals surface area contributed by atoms with Gasteiger partial charge in [0.15, 0.2) is 11.6 Å². The van der Waals surface area contributed by atoms with Gasteiger partial charge in [-0.25, -0.2) is 21.9 Å². The molecule has 1 heterocycles. The number of halogens is 2. The van der Waals surface area contributed by atoms with Crippen LogP contribution in [0.3, 0.4) is 0 Å². The first-order chi connectivity index (χ1) is 10.4.